The summed E-state index contributed by atoms with van der Waals surface area (Å²) in [5.74, 6) is -0.784. The van der Waals surface area contributed by atoms with Gasteiger partial charge in [0.25, 0.3) is 11.5 Å². The number of aromatic nitrogens is 1. The van der Waals surface area contributed by atoms with Gasteiger partial charge in [-0.2, -0.15) is 0 Å². The number of halogens is 1. The van der Waals surface area contributed by atoms with E-state index in [-0.39, 0.29) is 17.6 Å². The summed E-state index contributed by atoms with van der Waals surface area (Å²) >= 11 is 0. The number of hydrogen-bond acceptors (Lipinski definition) is 3. The van der Waals surface area contributed by atoms with Crippen LogP contribution in [0.3, 0.4) is 0 Å². The number of ether oxygens (including phenoxy) is 1. The number of nitrogens with one attached hydrogen (secondary N) is 1. The monoisotopic (exact) mass is 352 g/mol. The van der Waals surface area contributed by atoms with Gasteiger partial charge in [-0.15, -0.1) is 0 Å². The van der Waals surface area contributed by atoms with Gasteiger partial charge in [0.15, 0.2) is 0 Å². The second-order valence-corrected chi connectivity index (χ2v) is 6.26. The Morgan fingerprint density at radius 2 is 1.96 bits per heavy atom. The van der Waals surface area contributed by atoms with E-state index in [1.165, 1.54) is 18.2 Å². The molecule has 4 rings (SSSR count). The SMILES string of the molecule is O=C(c1cc2ccc(F)cc2[nH]c1=O)N1CCOC(c2ccccc2)C1. The molecule has 0 radical (unpaired) electrons. The number of morpholine rings is 1. The lowest BCUT2D eigenvalue weighted by Crippen LogP contribution is -2.43. The van der Waals surface area contributed by atoms with Crippen LogP contribution in [0, 0.1) is 5.82 Å². The third kappa shape index (κ3) is 3.11. The highest BCUT2D eigenvalue weighted by Gasteiger charge is 2.27. The standard InChI is InChI=1S/C20H17FN2O3/c21-15-7-6-14-10-16(19(24)22-17(14)11-15)20(25)23-8-9-26-18(12-23)13-4-2-1-3-5-13/h1-7,10-11,18H,8-9,12H2,(H,22,24). The van der Waals surface area contributed by atoms with Crippen molar-refractivity contribution in [2.24, 2.45) is 0 Å². The molecule has 5 nitrogen and oxygen atoms in total. The van der Waals surface area contributed by atoms with E-state index in [1.54, 1.807) is 11.0 Å². The number of nitrogens with zero attached hydrogens (tertiary/aromatic N) is 1. The van der Waals surface area contributed by atoms with Crippen molar-refractivity contribution in [1.29, 1.82) is 0 Å². The Balaban J connectivity index is 1.63. The summed E-state index contributed by atoms with van der Waals surface area (Å²) in [6.07, 6.45) is -0.220. The summed E-state index contributed by atoms with van der Waals surface area (Å²) in [5.41, 5.74) is 0.900. The molecule has 0 aliphatic carbocycles. The van der Waals surface area contributed by atoms with E-state index >= 15 is 0 Å². The van der Waals surface area contributed by atoms with Crippen LogP contribution in [-0.2, 0) is 4.74 Å². The first-order valence-electron chi connectivity index (χ1n) is 8.40. The highest BCUT2D eigenvalue weighted by molar-refractivity contribution is 5.97. The number of H-pyrrole nitrogens is 1. The fourth-order valence-electron chi connectivity index (χ4n) is 3.21. The Morgan fingerprint density at radius 1 is 1.15 bits per heavy atom. The number of hydrogen-bond donors (Lipinski definition) is 1. The van der Waals surface area contributed by atoms with Crippen molar-refractivity contribution >= 4 is 16.8 Å². The van der Waals surface area contributed by atoms with Gasteiger partial charge in [0.05, 0.1) is 18.7 Å². The molecule has 0 saturated carbocycles. The molecular weight excluding hydrogens is 335 g/mol. The van der Waals surface area contributed by atoms with Gasteiger partial charge in [-0.05, 0) is 35.2 Å². The maximum atomic E-state index is 13.3. The molecule has 1 atom stereocenters. The van der Waals surface area contributed by atoms with E-state index < -0.39 is 11.4 Å². The molecule has 26 heavy (non-hydrogen) atoms. The van der Waals surface area contributed by atoms with Crippen LogP contribution < -0.4 is 5.56 Å². The molecule has 0 bridgehead atoms. The lowest BCUT2D eigenvalue weighted by atomic mass is 10.1. The fraction of sp³-hybridized carbons (Fsp3) is 0.200. The second kappa shape index (κ2) is 6.72. The van der Waals surface area contributed by atoms with Crippen molar-refractivity contribution < 1.29 is 13.9 Å². The summed E-state index contributed by atoms with van der Waals surface area (Å²) in [4.78, 5) is 29.4. The minimum Gasteiger partial charge on any atom is -0.370 e. The molecule has 132 valence electrons. The number of fused-ring (bicyclic) bond motifs is 1. The van der Waals surface area contributed by atoms with Gasteiger partial charge in [-0.3, -0.25) is 9.59 Å². The van der Waals surface area contributed by atoms with Gasteiger partial charge in [0, 0.05) is 6.54 Å². The minimum absolute atomic E-state index is 0.0535. The fourth-order valence-corrected chi connectivity index (χ4v) is 3.21. The van der Waals surface area contributed by atoms with Crippen LogP contribution in [0.1, 0.15) is 22.0 Å². The Bertz CT molecular complexity index is 1020. The number of rotatable bonds is 2. The first-order valence-corrected chi connectivity index (χ1v) is 8.40. The van der Waals surface area contributed by atoms with Crippen molar-refractivity contribution in [1.82, 2.24) is 9.88 Å². The van der Waals surface area contributed by atoms with Crippen molar-refractivity contribution in [2.75, 3.05) is 19.7 Å². The topological polar surface area (TPSA) is 62.4 Å². The highest BCUT2D eigenvalue weighted by Crippen LogP contribution is 2.23. The molecule has 0 spiro atoms. The van der Waals surface area contributed by atoms with Crippen LogP contribution in [0.5, 0.6) is 0 Å². The lowest BCUT2D eigenvalue weighted by Gasteiger charge is -2.33. The molecule has 1 amide bonds. The van der Waals surface area contributed by atoms with Gasteiger partial charge in [0.2, 0.25) is 0 Å². The minimum atomic E-state index is -0.518. The van der Waals surface area contributed by atoms with E-state index in [9.17, 15) is 14.0 Å². The summed E-state index contributed by atoms with van der Waals surface area (Å²) in [5, 5.41) is 0.613. The van der Waals surface area contributed by atoms with Crippen LogP contribution in [0.25, 0.3) is 10.9 Å². The third-order valence-electron chi connectivity index (χ3n) is 4.56. The van der Waals surface area contributed by atoms with Crippen molar-refractivity contribution in [2.45, 2.75) is 6.10 Å². The van der Waals surface area contributed by atoms with E-state index in [4.69, 9.17) is 4.74 Å². The summed E-state index contributed by atoms with van der Waals surface area (Å²) in [6, 6.07) is 15.3. The van der Waals surface area contributed by atoms with Crippen LogP contribution in [0.15, 0.2) is 59.4 Å². The van der Waals surface area contributed by atoms with Crippen LogP contribution in [0.2, 0.25) is 0 Å². The molecular formula is C20H17FN2O3. The van der Waals surface area contributed by atoms with Crippen LogP contribution >= 0.6 is 0 Å². The van der Waals surface area contributed by atoms with Gasteiger partial charge < -0.3 is 14.6 Å². The lowest BCUT2D eigenvalue weighted by molar-refractivity contribution is -0.0228. The zero-order chi connectivity index (χ0) is 18.1. The Hall–Kier alpha value is -2.99. The summed E-state index contributed by atoms with van der Waals surface area (Å²) in [6.45, 7) is 1.20. The second-order valence-electron chi connectivity index (χ2n) is 6.26. The predicted octanol–water partition coefficient (Wildman–Crippen LogP) is 2.88. The molecule has 6 heteroatoms. The predicted molar refractivity (Wildman–Crippen MR) is 95.6 cm³/mol. The first kappa shape index (κ1) is 16.5. The van der Waals surface area contributed by atoms with E-state index in [2.05, 4.69) is 4.98 Å². The van der Waals surface area contributed by atoms with Gasteiger partial charge in [-0.1, -0.05) is 30.3 Å². The molecule has 3 aromatic rings. The average Bonchev–Trinajstić information content (AvgIpc) is 2.67. The normalized spacial score (nSPS) is 17.4. The molecule has 1 aromatic heterocycles. The maximum absolute atomic E-state index is 13.3. The number of benzene rings is 2. The zero-order valence-electron chi connectivity index (χ0n) is 13.9. The molecule has 1 N–H and O–H groups in total. The van der Waals surface area contributed by atoms with Crippen molar-refractivity contribution in [3.63, 3.8) is 0 Å². The smallest absolute Gasteiger partial charge is 0.261 e. The Kier molecular flexibility index (Phi) is 4.26. The Morgan fingerprint density at radius 3 is 2.77 bits per heavy atom. The first-order chi connectivity index (χ1) is 12.6. The highest BCUT2D eigenvalue weighted by atomic mass is 19.1. The van der Waals surface area contributed by atoms with Gasteiger partial charge in [-0.25, -0.2) is 4.39 Å². The molecule has 1 aliphatic heterocycles. The van der Waals surface area contributed by atoms with Gasteiger partial charge in [0.1, 0.15) is 17.5 Å². The molecule has 1 saturated heterocycles. The number of aromatic amines is 1. The largest absolute Gasteiger partial charge is 0.370 e. The van der Waals surface area contributed by atoms with Crippen molar-refractivity contribution in [3.05, 3.63) is 81.9 Å². The summed E-state index contributed by atoms with van der Waals surface area (Å²) in [7, 11) is 0. The number of carbonyl (C=O) groups is 1. The van der Waals surface area contributed by atoms with E-state index in [0.717, 1.165) is 5.56 Å². The molecule has 1 unspecified atom stereocenters. The van der Waals surface area contributed by atoms with E-state index in [0.29, 0.717) is 30.6 Å². The van der Waals surface area contributed by atoms with Gasteiger partial charge >= 0.3 is 0 Å². The number of pyridine rings is 1. The average molecular weight is 352 g/mol. The molecule has 2 aromatic carbocycles. The van der Waals surface area contributed by atoms with Crippen LogP contribution in [-0.4, -0.2) is 35.5 Å². The maximum Gasteiger partial charge on any atom is 0.261 e. The van der Waals surface area contributed by atoms with E-state index in [1.807, 2.05) is 30.3 Å². The molecule has 1 aliphatic rings. The third-order valence-corrected chi connectivity index (χ3v) is 4.56. The zero-order valence-corrected chi connectivity index (χ0v) is 13.9. The molecule has 2 heterocycles. The number of carbonyl (C=O) groups excluding carboxylic acids is 1. The number of amides is 1. The quantitative estimate of drug-likeness (QED) is 0.771. The molecule has 1 fully saturated rings. The summed E-state index contributed by atoms with van der Waals surface area (Å²) < 4.78 is 19.1. The Labute approximate surface area is 149 Å². The van der Waals surface area contributed by atoms with Crippen molar-refractivity contribution in [3.8, 4) is 0 Å². The van der Waals surface area contributed by atoms with Crippen LogP contribution in [0.4, 0.5) is 4.39 Å².